The van der Waals surface area contributed by atoms with Crippen LogP contribution in [0.15, 0.2) is 10.9 Å². The van der Waals surface area contributed by atoms with Crippen LogP contribution in [0.3, 0.4) is 0 Å². The second-order valence-corrected chi connectivity index (χ2v) is 5.81. The fourth-order valence-electron chi connectivity index (χ4n) is 2.96. The Bertz CT molecular complexity index is 601. The van der Waals surface area contributed by atoms with Gasteiger partial charge in [0.05, 0.1) is 13.2 Å². The molecule has 2 aliphatic heterocycles. The highest BCUT2D eigenvalue weighted by molar-refractivity contribution is 5.76. The van der Waals surface area contributed by atoms with Crippen molar-refractivity contribution >= 4 is 11.9 Å². The Kier molecular flexibility index (Phi) is 4.42. The maximum Gasteiger partial charge on any atom is 0.255 e. The molecule has 120 valence electrons. The van der Waals surface area contributed by atoms with Crippen molar-refractivity contribution in [3.05, 3.63) is 22.1 Å². The van der Waals surface area contributed by atoms with Crippen LogP contribution >= 0.6 is 0 Å². The van der Waals surface area contributed by atoms with E-state index >= 15 is 0 Å². The van der Waals surface area contributed by atoms with E-state index in [0.29, 0.717) is 37.9 Å². The van der Waals surface area contributed by atoms with Gasteiger partial charge >= 0.3 is 0 Å². The third-order valence-electron chi connectivity index (χ3n) is 4.16. The molecule has 0 aromatic carbocycles. The van der Waals surface area contributed by atoms with Crippen LogP contribution in [0.25, 0.3) is 0 Å². The smallest absolute Gasteiger partial charge is 0.255 e. The summed E-state index contributed by atoms with van der Waals surface area (Å²) in [6.07, 6.45) is 2.09. The summed E-state index contributed by atoms with van der Waals surface area (Å²) in [4.78, 5) is 33.1. The molecule has 0 unspecified atom stereocenters. The molecule has 2 saturated heterocycles. The normalized spacial score (nSPS) is 18.8. The van der Waals surface area contributed by atoms with E-state index in [1.807, 2.05) is 9.80 Å². The Labute approximate surface area is 129 Å². The molecule has 2 fully saturated rings. The number of aryl methyl sites for hydroxylation is 1. The molecule has 0 radical (unpaired) electrons. The minimum Gasteiger partial charge on any atom is -0.378 e. The number of nitrogens with zero attached hydrogens (tertiary/aromatic N) is 4. The maximum atomic E-state index is 12.4. The first-order chi connectivity index (χ1) is 10.6. The van der Waals surface area contributed by atoms with Crippen molar-refractivity contribution in [1.29, 1.82) is 0 Å². The van der Waals surface area contributed by atoms with Crippen LogP contribution in [-0.4, -0.2) is 59.8 Å². The van der Waals surface area contributed by atoms with E-state index in [0.717, 1.165) is 25.9 Å². The van der Waals surface area contributed by atoms with Gasteiger partial charge in [-0.2, -0.15) is 0 Å². The van der Waals surface area contributed by atoms with E-state index in [4.69, 9.17) is 4.74 Å². The van der Waals surface area contributed by atoms with Crippen molar-refractivity contribution in [3.63, 3.8) is 0 Å². The van der Waals surface area contributed by atoms with Gasteiger partial charge in [0, 0.05) is 37.9 Å². The Morgan fingerprint density at radius 2 is 1.91 bits per heavy atom. The lowest BCUT2D eigenvalue weighted by atomic mass is 10.4. The van der Waals surface area contributed by atoms with E-state index in [9.17, 15) is 9.59 Å². The van der Waals surface area contributed by atoms with Gasteiger partial charge in [0.2, 0.25) is 11.9 Å². The molecule has 0 atom stereocenters. The number of morpholine rings is 1. The molecular formula is C15H22N4O3. The highest BCUT2D eigenvalue weighted by Gasteiger charge is 2.23. The van der Waals surface area contributed by atoms with Crippen LogP contribution in [0.1, 0.15) is 18.5 Å². The maximum absolute atomic E-state index is 12.4. The van der Waals surface area contributed by atoms with E-state index in [1.165, 1.54) is 10.6 Å². The summed E-state index contributed by atoms with van der Waals surface area (Å²) in [6, 6.07) is 1.49. The zero-order chi connectivity index (χ0) is 15.5. The topological polar surface area (TPSA) is 67.7 Å². The van der Waals surface area contributed by atoms with Gasteiger partial charge in [-0.1, -0.05) is 0 Å². The average molecular weight is 306 g/mol. The Morgan fingerprint density at radius 3 is 2.59 bits per heavy atom. The predicted octanol–water partition coefficient (Wildman–Crippen LogP) is 0.0107. The van der Waals surface area contributed by atoms with E-state index in [1.54, 1.807) is 6.92 Å². The molecule has 0 bridgehead atoms. The molecule has 3 rings (SSSR count). The Morgan fingerprint density at radius 1 is 1.23 bits per heavy atom. The number of carbonyl (C=O) groups excluding carboxylic acids is 1. The van der Waals surface area contributed by atoms with Gasteiger partial charge in [-0.3, -0.25) is 14.2 Å². The Balaban J connectivity index is 1.87. The SMILES string of the molecule is Cc1cc(=O)n(CC(=O)N2CCCC2)c(N2CCOCC2)n1. The van der Waals surface area contributed by atoms with Crippen LogP contribution in [-0.2, 0) is 16.1 Å². The van der Waals surface area contributed by atoms with Crippen molar-refractivity contribution in [2.45, 2.75) is 26.3 Å². The number of rotatable bonds is 3. The van der Waals surface area contributed by atoms with Gasteiger partial charge in [0.25, 0.3) is 5.56 Å². The standard InChI is InChI=1S/C15H22N4O3/c1-12-10-13(20)19(11-14(21)17-4-2-3-5-17)15(16-12)18-6-8-22-9-7-18/h10H,2-9,11H2,1H3. The number of amides is 1. The summed E-state index contributed by atoms with van der Waals surface area (Å²) in [5.41, 5.74) is 0.512. The molecular weight excluding hydrogens is 284 g/mol. The van der Waals surface area contributed by atoms with Gasteiger partial charge in [-0.25, -0.2) is 4.98 Å². The fraction of sp³-hybridized carbons (Fsp3) is 0.667. The highest BCUT2D eigenvalue weighted by atomic mass is 16.5. The molecule has 7 nitrogen and oxygen atoms in total. The van der Waals surface area contributed by atoms with Crippen LogP contribution < -0.4 is 10.5 Å². The van der Waals surface area contributed by atoms with Gasteiger partial charge in [-0.15, -0.1) is 0 Å². The number of anilines is 1. The molecule has 22 heavy (non-hydrogen) atoms. The molecule has 0 aliphatic carbocycles. The van der Waals surface area contributed by atoms with E-state index < -0.39 is 0 Å². The molecule has 0 saturated carbocycles. The fourth-order valence-corrected chi connectivity index (χ4v) is 2.96. The van der Waals surface area contributed by atoms with Crippen molar-refractivity contribution in [2.75, 3.05) is 44.3 Å². The first-order valence-corrected chi connectivity index (χ1v) is 7.84. The Hall–Kier alpha value is -1.89. The highest BCUT2D eigenvalue weighted by Crippen LogP contribution is 2.14. The second-order valence-electron chi connectivity index (χ2n) is 5.81. The summed E-state index contributed by atoms with van der Waals surface area (Å²) in [5.74, 6) is 0.584. The molecule has 1 aromatic heterocycles. The lowest BCUT2D eigenvalue weighted by molar-refractivity contribution is -0.130. The van der Waals surface area contributed by atoms with Crippen LogP contribution in [0.2, 0.25) is 0 Å². The third-order valence-corrected chi connectivity index (χ3v) is 4.16. The zero-order valence-electron chi connectivity index (χ0n) is 13.0. The van der Waals surface area contributed by atoms with Crippen LogP contribution in [0.4, 0.5) is 5.95 Å². The van der Waals surface area contributed by atoms with Crippen molar-refractivity contribution in [3.8, 4) is 0 Å². The number of ether oxygens (including phenoxy) is 1. The first kappa shape index (κ1) is 15.0. The first-order valence-electron chi connectivity index (χ1n) is 7.84. The zero-order valence-corrected chi connectivity index (χ0v) is 13.0. The molecule has 1 aromatic rings. The molecule has 7 heteroatoms. The summed E-state index contributed by atoms with van der Waals surface area (Å²) in [6.45, 7) is 6.06. The van der Waals surface area contributed by atoms with Crippen molar-refractivity contribution < 1.29 is 9.53 Å². The van der Waals surface area contributed by atoms with E-state index in [-0.39, 0.29) is 18.0 Å². The monoisotopic (exact) mass is 306 g/mol. The lowest BCUT2D eigenvalue weighted by Crippen LogP contribution is -2.42. The minimum atomic E-state index is -0.165. The van der Waals surface area contributed by atoms with Gasteiger partial charge in [0.15, 0.2) is 0 Å². The van der Waals surface area contributed by atoms with Gasteiger partial charge < -0.3 is 14.5 Å². The molecule has 1 amide bonds. The van der Waals surface area contributed by atoms with Gasteiger partial charge in [-0.05, 0) is 19.8 Å². The third kappa shape index (κ3) is 3.14. The summed E-state index contributed by atoms with van der Waals surface area (Å²) in [7, 11) is 0. The van der Waals surface area contributed by atoms with Crippen LogP contribution in [0.5, 0.6) is 0 Å². The quantitative estimate of drug-likeness (QED) is 0.787. The molecule has 3 heterocycles. The molecule has 0 N–H and O–H groups in total. The van der Waals surface area contributed by atoms with Gasteiger partial charge in [0.1, 0.15) is 6.54 Å². The predicted molar refractivity (Wildman–Crippen MR) is 82.1 cm³/mol. The van der Waals surface area contributed by atoms with Crippen LogP contribution in [0, 0.1) is 6.92 Å². The lowest BCUT2D eigenvalue weighted by Gasteiger charge is -2.30. The number of carbonyl (C=O) groups is 1. The summed E-state index contributed by atoms with van der Waals surface area (Å²) < 4.78 is 6.85. The number of hydrogen-bond acceptors (Lipinski definition) is 5. The molecule has 0 spiro atoms. The summed E-state index contributed by atoms with van der Waals surface area (Å²) in [5, 5.41) is 0. The largest absolute Gasteiger partial charge is 0.378 e. The number of aromatic nitrogens is 2. The number of hydrogen-bond donors (Lipinski definition) is 0. The molecule has 2 aliphatic rings. The average Bonchev–Trinajstić information content (AvgIpc) is 3.05. The minimum absolute atomic E-state index is 0.000220. The van der Waals surface area contributed by atoms with Crippen molar-refractivity contribution in [2.24, 2.45) is 0 Å². The van der Waals surface area contributed by atoms with E-state index in [2.05, 4.69) is 4.98 Å². The number of likely N-dealkylation sites (tertiary alicyclic amines) is 1. The summed E-state index contributed by atoms with van der Waals surface area (Å²) >= 11 is 0. The second kappa shape index (κ2) is 6.48. The van der Waals surface area contributed by atoms with Crippen molar-refractivity contribution in [1.82, 2.24) is 14.5 Å².